The quantitative estimate of drug-likeness (QED) is 0.160. The first-order chi connectivity index (χ1) is 30.7. The lowest BCUT2D eigenvalue weighted by molar-refractivity contribution is -0.137. The van der Waals surface area contributed by atoms with Crippen LogP contribution in [0.15, 0.2) is 188 Å². The number of halogens is 3. The van der Waals surface area contributed by atoms with E-state index in [1.54, 1.807) is 48.5 Å². The maximum atomic E-state index is 14.7. The van der Waals surface area contributed by atoms with Crippen molar-refractivity contribution in [3.8, 4) is 85.4 Å². The average Bonchev–Trinajstić information content (AvgIpc) is 3.66. The SMILES string of the molecule is N#Cc1ccc(-c2ccc3c4ccc(-c5ccc(C#N)cc5)cc4n(-c4cc(-c5ccccc5C(F)(F)F)ccc4-c4nc(-c5ccccc5)nc(-c5ccccc5)n4)c3c2)cc1. The van der Waals surface area contributed by atoms with Crippen LogP contribution in [0.1, 0.15) is 16.7 Å². The molecule has 0 bridgehead atoms. The molecule has 0 N–H and O–H groups in total. The van der Waals surface area contributed by atoms with E-state index in [1.165, 1.54) is 12.1 Å². The second kappa shape index (κ2) is 15.7. The number of alkyl halides is 3. The van der Waals surface area contributed by atoms with Crippen molar-refractivity contribution in [1.29, 1.82) is 10.5 Å². The van der Waals surface area contributed by atoms with Crippen molar-refractivity contribution < 1.29 is 13.2 Å². The van der Waals surface area contributed by atoms with Gasteiger partial charge in [-0.1, -0.05) is 133 Å². The first-order valence-corrected chi connectivity index (χ1v) is 20.0. The number of hydrogen-bond acceptors (Lipinski definition) is 5. The molecule has 0 fully saturated rings. The smallest absolute Gasteiger partial charge is 0.308 e. The van der Waals surface area contributed by atoms with Gasteiger partial charge in [-0.2, -0.15) is 23.7 Å². The Balaban J connectivity index is 1.32. The molecule has 298 valence electrons. The molecule has 0 radical (unpaired) electrons. The van der Waals surface area contributed by atoms with E-state index < -0.39 is 11.7 Å². The number of benzene rings is 8. The number of fused-ring (bicyclic) bond motifs is 3. The Kier molecular flexibility index (Phi) is 9.63. The van der Waals surface area contributed by atoms with Crippen molar-refractivity contribution in [2.45, 2.75) is 6.18 Å². The minimum Gasteiger partial charge on any atom is -0.308 e. The van der Waals surface area contributed by atoms with Gasteiger partial charge >= 0.3 is 6.18 Å². The largest absolute Gasteiger partial charge is 0.417 e. The Morgan fingerprint density at radius 1 is 0.397 bits per heavy atom. The third-order valence-corrected chi connectivity index (χ3v) is 11.2. The standard InChI is InChI=1S/C54H31F3N6/c55-54(56,57)47-14-8-7-13-43(47)42-25-28-46(53-61-51(38-9-3-1-4-10-38)60-52(62-53)39-11-5-2-6-12-39)50(31-42)63-48-29-40(36-19-15-34(32-58)16-20-36)23-26-44(48)45-27-24-41(30-49(45)63)37-21-17-35(33-59)18-22-37/h1-31H. The van der Waals surface area contributed by atoms with Gasteiger partial charge in [0.2, 0.25) is 0 Å². The highest BCUT2D eigenvalue weighted by Crippen LogP contribution is 2.43. The molecule has 2 heterocycles. The number of hydrogen-bond donors (Lipinski definition) is 0. The maximum absolute atomic E-state index is 14.7. The molecule has 10 rings (SSSR count). The van der Waals surface area contributed by atoms with Gasteiger partial charge in [0.15, 0.2) is 17.5 Å². The lowest BCUT2D eigenvalue weighted by atomic mass is 9.96. The molecule has 0 aliphatic heterocycles. The molecule has 63 heavy (non-hydrogen) atoms. The van der Waals surface area contributed by atoms with Crippen molar-refractivity contribution >= 4 is 21.8 Å². The summed E-state index contributed by atoms with van der Waals surface area (Å²) in [6.45, 7) is 0. The van der Waals surface area contributed by atoms with Gasteiger partial charge < -0.3 is 4.57 Å². The molecule has 0 aliphatic carbocycles. The van der Waals surface area contributed by atoms with Gasteiger partial charge in [0.05, 0.1) is 45.5 Å². The second-order valence-electron chi connectivity index (χ2n) is 15.0. The molecule has 0 atom stereocenters. The molecule has 0 unspecified atom stereocenters. The van der Waals surface area contributed by atoms with Gasteiger partial charge in [-0.3, -0.25) is 0 Å². The summed E-state index contributed by atoms with van der Waals surface area (Å²) in [4.78, 5) is 15.1. The number of nitriles is 2. The molecular formula is C54H31F3N6. The maximum Gasteiger partial charge on any atom is 0.417 e. The van der Waals surface area contributed by atoms with Gasteiger partial charge in [-0.15, -0.1) is 0 Å². The van der Waals surface area contributed by atoms with Crippen molar-refractivity contribution in [2.75, 3.05) is 0 Å². The van der Waals surface area contributed by atoms with Crippen molar-refractivity contribution in [1.82, 2.24) is 19.5 Å². The number of aromatic nitrogens is 4. The van der Waals surface area contributed by atoms with Gasteiger partial charge in [-0.25, -0.2) is 15.0 Å². The van der Waals surface area contributed by atoms with E-state index in [-0.39, 0.29) is 5.56 Å². The fraction of sp³-hybridized carbons (Fsp3) is 0.0185. The van der Waals surface area contributed by atoms with Crippen molar-refractivity contribution in [2.24, 2.45) is 0 Å². The Labute approximate surface area is 360 Å². The van der Waals surface area contributed by atoms with E-state index in [0.717, 1.165) is 61.3 Å². The van der Waals surface area contributed by atoms with E-state index in [1.807, 2.05) is 97.1 Å². The zero-order valence-electron chi connectivity index (χ0n) is 33.2. The van der Waals surface area contributed by atoms with E-state index in [9.17, 15) is 23.7 Å². The minimum atomic E-state index is -4.61. The predicted octanol–water partition coefficient (Wildman–Crippen LogP) is 13.7. The molecule has 10 aromatic rings. The second-order valence-corrected chi connectivity index (χ2v) is 15.0. The van der Waals surface area contributed by atoms with Gasteiger partial charge in [0, 0.05) is 27.5 Å². The van der Waals surface area contributed by atoms with Gasteiger partial charge in [0.25, 0.3) is 0 Å². The van der Waals surface area contributed by atoms with Crippen LogP contribution >= 0.6 is 0 Å². The molecule has 6 nitrogen and oxygen atoms in total. The summed E-state index contributed by atoms with van der Waals surface area (Å²) < 4.78 is 46.2. The normalized spacial score (nSPS) is 11.4. The summed E-state index contributed by atoms with van der Waals surface area (Å²) in [5, 5.41) is 20.9. The van der Waals surface area contributed by atoms with Crippen LogP contribution in [0.4, 0.5) is 13.2 Å². The Morgan fingerprint density at radius 2 is 0.841 bits per heavy atom. The molecular weight excluding hydrogens is 790 g/mol. The molecule has 0 amide bonds. The number of nitrogens with zero attached hydrogens (tertiary/aromatic N) is 6. The first kappa shape index (κ1) is 38.5. The highest BCUT2D eigenvalue weighted by molar-refractivity contribution is 6.11. The summed E-state index contributed by atoms with van der Waals surface area (Å²) >= 11 is 0. The van der Waals surface area contributed by atoms with Crippen LogP contribution in [0.2, 0.25) is 0 Å². The third kappa shape index (κ3) is 7.24. The molecule has 9 heteroatoms. The van der Waals surface area contributed by atoms with Crippen LogP contribution in [0.25, 0.3) is 95.0 Å². The zero-order valence-corrected chi connectivity index (χ0v) is 33.2. The fourth-order valence-corrected chi connectivity index (χ4v) is 8.10. The lowest BCUT2D eigenvalue weighted by Gasteiger charge is -2.18. The summed E-state index contributed by atoms with van der Waals surface area (Å²) in [5.41, 5.74) is 8.43. The van der Waals surface area contributed by atoms with Crippen LogP contribution in [0.3, 0.4) is 0 Å². The molecule has 2 aromatic heterocycles. The summed E-state index contributed by atoms with van der Waals surface area (Å²) in [7, 11) is 0. The Morgan fingerprint density at radius 3 is 1.33 bits per heavy atom. The van der Waals surface area contributed by atoms with Crippen LogP contribution < -0.4 is 0 Å². The fourth-order valence-electron chi connectivity index (χ4n) is 8.10. The topological polar surface area (TPSA) is 91.2 Å². The van der Waals surface area contributed by atoms with Crippen LogP contribution in [-0.2, 0) is 6.18 Å². The van der Waals surface area contributed by atoms with E-state index in [2.05, 4.69) is 41.0 Å². The van der Waals surface area contributed by atoms with Crippen molar-refractivity contribution in [3.63, 3.8) is 0 Å². The Hall–Kier alpha value is -8.66. The van der Waals surface area contributed by atoms with Crippen LogP contribution in [-0.4, -0.2) is 19.5 Å². The molecule has 0 aliphatic rings. The highest BCUT2D eigenvalue weighted by atomic mass is 19.4. The Bertz CT molecular complexity index is 3260. The summed E-state index contributed by atoms with van der Waals surface area (Å²) in [6, 6.07) is 61.4. The minimum absolute atomic E-state index is 0.0284. The lowest BCUT2D eigenvalue weighted by Crippen LogP contribution is -2.07. The highest BCUT2D eigenvalue weighted by Gasteiger charge is 2.33. The monoisotopic (exact) mass is 820 g/mol. The van der Waals surface area contributed by atoms with Gasteiger partial charge in [-0.05, 0) is 88.0 Å². The van der Waals surface area contributed by atoms with E-state index >= 15 is 0 Å². The summed E-state index contributed by atoms with van der Waals surface area (Å²) in [5.74, 6) is 1.20. The first-order valence-electron chi connectivity index (χ1n) is 20.0. The molecule has 0 saturated carbocycles. The molecule has 0 spiro atoms. The average molecular weight is 821 g/mol. The zero-order chi connectivity index (χ0) is 43.1. The molecule has 8 aromatic carbocycles. The van der Waals surface area contributed by atoms with Crippen LogP contribution in [0.5, 0.6) is 0 Å². The van der Waals surface area contributed by atoms with Crippen molar-refractivity contribution in [3.05, 3.63) is 205 Å². The number of rotatable bonds is 7. The summed E-state index contributed by atoms with van der Waals surface area (Å²) in [6.07, 6.45) is -4.61. The van der Waals surface area contributed by atoms with E-state index in [0.29, 0.717) is 45.4 Å². The van der Waals surface area contributed by atoms with E-state index in [4.69, 9.17) is 15.0 Å². The predicted molar refractivity (Wildman–Crippen MR) is 241 cm³/mol. The van der Waals surface area contributed by atoms with Gasteiger partial charge in [0.1, 0.15) is 0 Å². The third-order valence-electron chi connectivity index (χ3n) is 11.2. The molecule has 0 saturated heterocycles. The van der Waals surface area contributed by atoms with Crippen LogP contribution in [0, 0.1) is 22.7 Å².